The molecule has 122 valence electrons. The van der Waals surface area contributed by atoms with Gasteiger partial charge < -0.3 is 9.64 Å². The second-order valence-electron chi connectivity index (χ2n) is 5.63. The second-order valence-corrected chi connectivity index (χ2v) is 5.63. The summed E-state index contributed by atoms with van der Waals surface area (Å²) in [6.45, 7) is 5.31. The fourth-order valence-corrected chi connectivity index (χ4v) is 2.48. The third kappa shape index (κ3) is 3.53. The van der Waals surface area contributed by atoms with Crippen LogP contribution in [0.15, 0.2) is 18.2 Å². The first-order valence-electron chi connectivity index (χ1n) is 7.46. The molecule has 0 unspecified atom stereocenters. The van der Waals surface area contributed by atoms with E-state index in [1.807, 2.05) is 6.92 Å². The fraction of sp³-hybridized carbons (Fsp3) is 0.467. The van der Waals surface area contributed by atoms with Crippen LogP contribution in [0.25, 0.3) is 11.4 Å². The van der Waals surface area contributed by atoms with Gasteiger partial charge in [-0.05, 0) is 42.8 Å². The summed E-state index contributed by atoms with van der Waals surface area (Å²) in [6, 6.07) is 4.61. The Balaban J connectivity index is 1.69. The van der Waals surface area contributed by atoms with Crippen molar-refractivity contribution in [1.29, 1.82) is 0 Å². The second kappa shape index (κ2) is 6.41. The zero-order chi connectivity index (χ0) is 16.4. The average molecular weight is 319 g/mol. The Bertz CT molecular complexity index is 718. The van der Waals surface area contributed by atoms with Crippen LogP contribution in [-0.4, -0.2) is 56.8 Å². The smallest absolute Gasteiger partial charge is 0.246 e. The van der Waals surface area contributed by atoms with E-state index >= 15 is 0 Å². The zero-order valence-electron chi connectivity index (χ0n) is 13.1. The molecule has 1 atom stereocenters. The van der Waals surface area contributed by atoms with Crippen LogP contribution in [0.4, 0.5) is 4.39 Å². The number of aryl methyl sites for hydroxylation is 1. The highest BCUT2D eigenvalue weighted by Gasteiger charge is 2.22. The highest BCUT2D eigenvalue weighted by atomic mass is 19.1. The van der Waals surface area contributed by atoms with E-state index in [-0.39, 0.29) is 24.4 Å². The number of halogens is 1. The molecule has 0 spiro atoms. The Hall–Kier alpha value is -2.35. The Kier molecular flexibility index (Phi) is 4.33. The Morgan fingerprint density at radius 2 is 2.30 bits per heavy atom. The van der Waals surface area contributed by atoms with Crippen molar-refractivity contribution in [3.8, 4) is 11.4 Å². The van der Waals surface area contributed by atoms with Gasteiger partial charge in [0.2, 0.25) is 11.7 Å². The predicted octanol–water partition coefficient (Wildman–Crippen LogP) is 1.03. The Morgan fingerprint density at radius 3 is 3.04 bits per heavy atom. The van der Waals surface area contributed by atoms with E-state index in [0.717, 1.165) is 0 Å². The standard InChI is InChI=1S/C15H18FN5O2/c1-10-7-12(3-4-13(10)16)15-17-19-21(18-15)9-14(22)20-5-6-23-11(2)8-20/h3-4,7,11H,5-6,8-9H2,1-2H3/t11-/m1/s1. The van der Waals surface area contributed by atoms with E-state index in [4.69, 9.17) is 4.74 Å². The van der Waals surface area contributed by atoms with Crippen molar-refractivity contribution in [1.82, 2.24) is 25.1 Å². The summed E-state index contributed by atoms with van der Waals surface area (Å²) >= 11 is 0. The van der Waals surface area contributed by atoms with Crippen molar-refractivity contribution < 1.29 is 13.9 Å². The Morgan fingerprint density at radius 1 is 1.48 bits per heavy atom. The van der Waals surface area contributed by atoms with Crippen molar-refractivity contribution in [3.63, 3.8) is 0 Å². The van der Waals surface area contributed by atoms with Crippen LogP contribution < -0.4 is 0 Å². The molecule has 1 aliphatic heterocycles. The van der Waals surface area contributed by atoms with Gasteiger partial charge >= 0.3 is 0 Å². The molecule has 2 aromatic rings. The third-order valence-corrected chi connectivity index (χ3v) is 3.74. The van der Waals surface area contributed by atoms with E-state index in [9.17, 15) is 9.18 Å². The largest absolute Gasteiger partial charge is 0.375 e. The lowest BCUT2D eigenvalue weighted by molar-refractivity contribution is -0.139. The molecule has 0 radical (unpaired) electrons. The topological polar surface area (TPSA) is 73.1 Å². The van der Waals surface area contributed by atoms with E-state index < -0.39 is 0 Å². The minimum atomic E-state index is -0.280. The van der Waals surface area contributed by atoms with Crippen LogP contribution in [0, 0.1) is 12.7 Å². The van der Waals surface area contributed by atoms with Gasteiger partial charge in [-0.3, -0.25) is 4.79 Å². The molecule has 1 amide bonds. The summed E-state index contributed by atoms with van der Waals surface area (Å²) in [5, 5.41) is 12.0. The lowest BCUT2D eigenvalue weighted by atomic mass is 10.1. The van der Waals surface area contributed by atoms with E-state index in [1.165, 1.54) is 10.9 Å². The predicted molar refractivity (Wildman–Crippen MR) is 79.9 cm³/mol. The number of amides is 1. The first kappa shape index (κ1) is 15.5. The lowest BCUT2D eigenvalue weighted by Crippen LogP contribution is -2.45. The quantitative estimate of drug-likeness (QED) is 0.845. The summed E-state index contributed by atoms with van der Waals surface area (Å²) in [5.74, 6) is 0.0217. The van der Waals surface area contributed by atoms with Gasteiger partial charge in [0.1, 0.15) is 12.4 Å². The summed E-state index contributed by atoms with van der Waals surface area (Å²) < 4.78 is 18.7. The van der Waals surface area contributed by atoms with Gasteiger partial charge in [0.05, 0.1) is 12.7 Å². The molecule has 1 aromatic carbocycles. The van der Waals surface area contributed by atoms with Gasteiger partial charge in [-0.25, -0.2) is 4.39 Å². The average Bonchev–Trinajstić information content (AvgIpc) is 2.98. The number of morpholine rings is 1. The van der Waals surface area contributed by atoms with E-state index in [1.54, 1.807) is 24.0 Å². The molecule has 1 fully saturated rings. The number of hydrogen-bond acceptors (Lipinski definition) is 5. The molecule has 23 heavy (non-hydrogen) atoms. The van der Waals surface area contributed by atoms with Gasteiger partial charge in [-0.1, -0.05) is 0 Å². The van der Waals surface area contributed by atoms with Crippen LogP contribution in [-0.2, 0) is 16.1 Å². The van der Waals surface area contributed by atoms with Crippen LogP contribution in [0.3, 0.4) is 0 Å². The number of aromatic nitrogens is 4. The highest BCUT2D eigenvalue weighted by Crippen LogP contribution is 2.17. The minimum Gasteiger partial charge on any atom is -0.375 e. The molecule has 0 N–H and O–H groups in total. The molecular weight excluding hydrogens is 301 g/mol. The van der Waals surface area contributed by atoms with Crippen LogP contribution >= 0.6 is 0 Å². The van der Waals surface area contributed by atoms with Gasteiger partial charge in [0.15, 0.2) is 0 Å². The van der Waals surface area contributed by atoms with Crippen molar-refractivity contribution in [2.45, 2.75) is 26.5 Å². The molecule has 1 saturated heterocycles. The van der Waals surface area contributed by atoms with Crippen molar-refractivity contribution in [2.75, 3.05) is 19.7 Å². The van der Waals surface area contributed by atoms with Crippen molar-refractivity contribution >= 4 is 5.91 Å². The molecule has 7 nitrogen and oxygen atoms in total. The molecule has 1 aliphatic rings. The summed E-state index contributed by atoms with van der Waals surface area (Å²) in [6.07, 6.45) is 0.0363. The van der Waals surface area contributed by atoms with Crippen molar-refractivity contribution in [3.05, 3.63) is 29.6 Å². The zero-order valence-corrected chi connectivity index (χ0v) is 13.1. The number of carbonyl (C=O) groups is 1. The van der Waals surface area contributed by atoms with E-state index in [2.05, 4.69) is 15.4 Å². The fourth-order valence-electron chi connectivity index (χ4n) is 2.48. The van der Waals surface area contributed by atoms with Crippen LogP contribution in [0.2, 0.25) is 0 Å². The maximum Gasteiger partial charge on any atom is 0.246 e. The molecule has 3 rings (SSSR count). The third-order valence-electron chi connectivity index (χ3n) is 3.74. The summed E-state index contributed by atoms with van der Waals surface area (Å²) in [7, 11) is 0. The molecule has 2 heterocycles. The SMILES string of the molecule is Cc1cc(-c2nnn(CC(=O)N3CCO[C@H](C)C3)n2)ccc1F. The molecule has 0 saturated carbocycles. The lowest BCUT2D eigenvalue weighted by Gasteiger charge is -2.30. The van der Waals surface area contributed by atoms with Crippen LogP contribution in [0.5, 0.6) is 0 Å². The molecule has 0 bridgehead atoms. The van der Waals surface area contributed by atoms with E-state index in [0.29, 0.717) is 36.6 Å². The number of ether oxygens (including phenoxy) is 1. The van der Waals surface area contributed by atoms with Crippen LogP contribution in [0.1, 0.15) is 12.5 Å². The normalized spacial score (nSPS) is 18.2. The maximum atomic E-state index is 13.3. The first-order valence-corrected chi connectivity index (χ1v) is 7.46. The molecule has 0 aliphatic carbocycles. The number of tetrazole rings is 1. The summed E-state index contributed by atoms with van der Waals surface area (Å²) in [5.41, 5.74) is 1.18. The molecular formula is C15H18FN5O2. The Labute approximate surface area is 133 Å². The minimum absolute atomic E-state index is 0.0277. The maximum absolute atomic E-state index is 13.3. The number of benzene rings is 1. The monoisotopic (exact) mass is 319 g/mol. The number of nitrogens with zero attached hydrogens (tertiary/aromatic N) is 5. The first-order chi connectivity index (χ1) is 11.0. The molecule has 8 heteroatoms. The van der Waals surface area contributed by atoms with Gasteiger partial charge in [0.25, 0.3) is 0 Å². The number of rotatable bonds is 3. The highest BCUT2D eigenvalue weighted by molar-refractivity contribution is 5.76. The molecule has 1 aromatic heterocycles. The van der Waals surface area contributed by atoms with Gasteiger partial charge in [-0.15, -0.1) is 10.2 Å². The van der Waals surface area contributed by atoms with Crippen molar-refractivity contribution in [2.24, 2.45) is 0 Å². The summed E-state index contributed by atoms with van der Waals surface area (Å²) in [4.78, 5) is 15.2. The number of hydrogen-bond donors (Lipinski definition) is 0. The van der Waals surface area contributed by atoms with Gasteiger partial charge in [-0.2, -0.15) is 4.80 Å². The van der Waals surface area contributed by atoms with Gasteiger partial charge in [0, 0.05) is 18.7 Å². The number of carbonyl (C=O) groups excluding carboxylic acids is 1.